The molecule has 0 heterocycles. The molecule has 1 aromatic carbocycles. The van der Waals surface area contributed by atoms with Gasteiger partial charge in [0.1, 0.15) is 0 Å². The van der Waals surface area contributed by atoms with E-state index in [2.05, 4.69) is 42.2 Å². The molecular formula is C11H13LiSe. The van der Waals surface area contributed by atoms with Crippen LogP contribution >= 0.6 is 0 Å². The molecule has 0 fully saturated rings. The third-order valence-corrected chi connectivity index (χ3v) is 3.44. The number of hydrogen-bond acceptors (Lipinski definition) is 0. The van der Waals surface area contributed by atoms with Crippen molar-refractivity contribution in [3.63, 3.8) is 0 Å². The number of unbranched alkanes of at least 4 members (excludes halogenated alkanes) is 1. The van der Waals surface area contributed by atoms with Gasteiger partial charge in [0.05, 0.1) is 0 Å². The van der Waals surface area contributed by atoms with E-state index in [1.807, 2.05) is 6.08 Å². The van der Waals surface area contributed by atoms with Crippen LogP contribution in [0, 0.1) is 5.32 Å². The molecule has 0 aliphatic rings. The minimum Gasteiger partial charge on any atom is 1.00 e. The number of hydrogen-bond donors (Lipinski definition) is 0. The van der Waals surface area contributed by atoms with Gasteiger partial charge in [-0.1, -0.05) is 0 Å². The molecule has 0 bridgehead atoms. The van der Waals surface area contributed by atoms with Crippen LogP contribution in [0.3, 0.4) is 0 Å². The van der Waals surface area contributed by atoms with Gasteiger partial charge >= 0.3 is 99.4 Å². The largest absolute Gasteiger partial charge is 1.00 e. The fraction of sp³-hybridized carbons (Fsp3) is 0.182. The summed E-state index contributed by atoms with van der Waals surface area (Å²) in [5, 5.41) is 2.37. The first-order valence-corrected chi connectivity index (χ1v) is 5.92. The Kier molecular flexibility index (Phi) is 8.72. The first kappa shape index (κ1) is 13.1. The Bertz CT molecular complexity index is 221. The third-order valence-electron chi connectivity index (χ3n) is 1.45. The van der Waals surface area contributed by atoms with Gasteiger partial charge in [-0.05, 0) is 0 Å². The Morgan fingerprint density at radius 2 is 2.00 bits per heavy atom. The molecule has 0 amide bonds. The number of benzene rings is 1. The Labute approximate surface area is 99.1 Å². The Morgan fingerprint density at radius 3 is 2.62 bits per heavy atom. The molecule has 0 unspecified atom stereocenters. The molecule has 0 nitrogen and oxygen atoms in total. The van der Waals surface area contributed by atoms with Crippen LogP contribution in [0.4, 0.5) is 0 Å². The zero-order valence-electron chi connectivity index (χ0n) is 8.07. The van der Waals surface area contributed by atoms with E-state index in [0.717, 1.165) is 6.42 Å². The van der Waals surface area contributed by atoms with Crippen LogP contribution in [0.2, 0.25) is 0 Å². The van der Waals surface area contributed by atoms with E-state index in [0.29, 0.717) is 15.0 Å². The van der Waals surface area contributed by atoms with Crippen molar-refractivity contribution in [2.24, 2.45) is 0 Å². The van der Waals surface area contributed by atoms with Crippen molar-refractivity contribution in [3.05, 3.63) is 48.3 Å². The van der Waals surface area contributed by atoms with Gasteiger partial charge in [0.2, 0.25) is 0 Å². The van der Waals surface area contributed by atoms with Gasteiger partial charge < -0.3 is 0 Å². The summed E-state index contributed by atoms with van der Waals surface area (Å²) in [7, 11) is 0. The van der Waals surface area contributed by atoms with Crippen LogP contribution in [0.5, 0.6) is 0 Å². The van der Waals surface area contributed by atoms with Gasteiger partial charge in [0.15, 0.2) is 0 Å². The van der Waals surface area contributed by atoms with Crippen molar-refractivity contribution in [1.82, 2.24) is 0 Å². The molecule has 2 heteroatoms. The van der Waals surface area contributed by atoms with E-state index in [1.54, 1.807) is 0 Å². The monoisotopic (exact) mass is 232 g/mol. The van der Waals surface area contributed by atoms with Crippen molar-refractivity contribution >= 4 is 19.4 Å². The molecule has 0 saturated heterocycles. The second-order valence-electron chi connectivity index (χ2n) is 2.46. The predicted octanol–water partition coefficient (Wildman–Crippen LogP) is -0.852. The molecule has 13 heavy (non-hydrogen) atoms. The fourth-order valence-electron chi connectivity index (χ4n) is 0.840. The molecule has 0 aliphatic heterocycles. The SMILES string of the molecule is C=CCC[CH-][Se]c1ccccc1.[Li+]. The third kappa shape index (κ3) is 6.19. The molecular weight excluding hydrogens is 218 g/mol. The van der Waals surface area contributed by atoms with E-state index in [-0.39, 0.29) is 18.9 Å². The average Bonchev–Trinajstić information content (AvgIpc) is 2.14. The maximum Gasteiger partial charge on any atom is 1.00 e. The molecule has 0 aromatic heterocycles. The molecule has 1 rings (SSSR count). The van der Waals surface area contributed by atoms with Crippen LogP contribution in [0.15, 0.2) is 43.0 Å². The molecule has 0 spiro atoms. The van der Waals surface area contributed by atoms with Crippen LogP contribution in [-0.4, -0.2) is 15.0 Å². The Morgan fingerprint density at radius 1 is 1.31 bits per heavy atom. The van der Waals surface area contributed by atoms with Gasteiger partial charge in [-0.2, -0.15) is 0 Å². The molecule has 0 N–H and O–H groups in total. The molecule has 0 radical (unpaired) electrons. The standard InChI is InChI=1S/C11H13Se.Li/c1-2-3-7-10-12-11-8-5-4-6-9-11;/h2,4-6,8-10H,1,3,7H2;/q-1;+1. The van der Waals surface area contributed by atoms with Gasteiger partial charge in [-0.25, -0.2) is 0 Å². The number of rotatable bonds is 5. The maximum absolute atomic E-state index is 3.69. The van der Waals surface area contributed by atoms with Gasteiger partial charge in [0.25, 0.3) is 0 Å². The summed E-state index contributed by atoms with van der Waals surface area (Å²) in [6, 6.07) is 10.6. The summed E-state index contributed by atoms with van der Waals surface area (Å²) >= 11 is 0.546. The molecule has 64 valence electrons. The molecule has 1 aromatic rings. The van der Waals surface area contributed by atoms with E-state index in [9.17, 15) is 0 Å². The summed E-state index contributed by atoms with van der Waals surface area (Å²) in [6.07, 6.45) is 4.24. The van der Waals surface area contributed by atoms with Crippen LogP contribution in [0.1, 0.15) is 12.8 Å². The summed E-state index contributed by atoms with van der Waals surface area (Å²) in [5.74, 6) is 0. The normalized spacial score (nSPS) is 8.92. The van der Waals surface area contributed by atoms with Crippen molar-refractivity contribution in [2.75, 3.05) is 0 Å². The van der Waals surface area contributed by atoms with Crippen LogP contribution in [-0.2, 0) is 0 Å². The summed E-state index contributed by atoms with van der Waals surface area (Å²) < 4.78 is 1.45. The van der Waals surface area contributed by atoms with Crippen molar-refractivity contribution < 1.29 is 18.9 Å². The molecule has 0 saturated carbocycles. The fourth-order valence-corrected chi connectivity index (χ4v) is 2.44. The van der Waals surface area contributed by atoms with Crippen molar-refractivity contribution in [3.8, 4) is 0 Å². The zero-order chi connectivity index (χ0) is 8.65. The Hall–Kier alpha value is 0.0769. The number of allylic oxidation sites excluding steroid dienone is 1. The zero-order valence-corrected chi connectivity index (χ0v) is 9.78. The molecule has 0 atom stereocenters. The van der Waals surface area contributed by atoms with E-state index >= 15 is 0 Å². The minimum atomic E-state index is 0. The van der Waals surface area contributed by atoms with Gasteiger partial charge in [-0.3, -0.25) is 0 Å². The summed E-state index contributed by atoms with van der Waals surface area (Å²) in [4.78, 5) is 0. The van der Waals surface area contributed by atoms with E-state index in [1.165, 1.54) is 10.9 Å². The quantitative estimate of drug-likeness (QED) is 0.268. The van der Waals surface area contributed by atoms with E-state index in [4.69, 9.17) is 0 Å². The first-order chi connectivity index (χ1) is 5.93. The van der Waals surface area contributed by atoms with Gasteiger partial charge in [0, 0.05) is 0 Å². The molecule has 0 aliphatic carbocycles. The summed E-state index contributed by atoms with van der Waals surface area (Å²) in [5.41, 5.74) is 0. The van der Waals surface area contributed by atoms with E-state index < -0.39 is 0 Å². The van der Waals surface area contributed by atoms with Crippen molar-refractivity contribution in [1.29, 1.82) is 0 Å². The second kappa shape index (κ2) is 8.67. The van der Waals surface area contributed by atoms with Crippen LogP contribution < -0.4 is 23.3 Å². The van der Waals surface area contributed by atoms with Crippen molar-refractivity contribution in [2.45, 2.75) is 12.8 Å². The average molecular weight is 231 g/mol. The second-order valence-corrected chi connectivity index (χ2v) is 4.65. The summed E-state index contributed by atoms with van der Waals surface area (Å²) in [6.45, 7) is 3.69. The van der Waals surface area contributed by atoms with Gasteiger partial charge in [-0.15, -0.1) is 0 Å². The predicted molar refractivity (Wildman–Crippen MR) is 55.6 cm³/mol. The minimum absolute atomic E-state index is 0. The topological polar surface area (TPSA) is 0 Å². The smallest absolute Gasteiger partial charge is 1.00 e. The van der Waals surface area contributed by atoms with Crippen LogP contribution in [0.25, 0.3) is 0 Å². The first-order valence-electron chi connectivity index (χ1n) is 4.08. The Balaban J connectivity index is 0.00000144. The maximum atomic E-state index is 3.69.